The molecule has 0 unspecified atom stereocenters. The second-order valence-electron chi connectivity index (χ2n) is 5.65. The van der Waals surface area contributed by atoms with Gasteiger partial charge in [0.1, 0.15) is 6.04 Å². The summed E-state index contributed by atoms with van der Waals surface area (Å²) in [5.41, 5.74) is 1.68. The van der Waals surface area contributed by atoms with Crippen LogP contribution in [-0.4, -0.2) is 30.0 Å². The Kier molecular flexibility index (Phi) is 6.07. The number of ether oxygens (including phenoxy) is 1. The minimum Gasteiger partial charge on any atom is -0.467 e. The number of carbonyl (C=O) groups excluding carboxylic acids is 2. The standard InChI is InChI=1S/C19H22N2O3/c1-4-13(2)17(19(23)24-3)21-16(22)11-10-15-8-5-7-14-9-6-12-20-18(14)15/h5-13,17H,4H2,1-3H3,(H,21,22)/t13-,17-/m0/s1. The lowest BCUT2D eigenvalue weighted by molar-refractivity contribution is -0.146. The zero-order chi connectivity index (χ0) is 17.5. The van der Waals surface area contributed by atoms with E-state index in [1.165, 1.54) is 13.2 Å². The van der Waals surface area contributed by atoms with Crippen LogP contribution in [0.4, 0.5) is 0 Å². The van der Waals surface area contributed by atoms with Crippen LogP contribution in [-0.2, 0) is 14.3 Å². The smallest absolute Gasteiger partial charge is 0.328 e. The number of para-hydroxylation sites is 1. The second kappa shape index (κ2) is 8.24. The number of hydrogen-bond donors (Lipinski definition) is 1. The quantitative estimate of drug-likeness (QED) is 0.654. The van der Waals surface area contributed by atoms with Crippen molar-refractivity contribution in [3.05, 3.63) is 48.2 Å². The van der Waals surface area contributed by atoms with Crippen LogP contribution in [0.3, 0.4) is 0 Å². The highest BCUT2D eigenvalue weighted by Gasteiger charge is 2.25. The molecule has 0 aliphatic rings. The van der Waals surface area contributed by atoms with Crippen molar-refractivity contribution in [3.8, 4) is 0 Å². The molecule has 0 radical (unpaired) electrons. The molecule has 0 saturated heterocycles. The van der Waals surface area contributed by atoms with E-state index in [-0.39, 0.29) is 11.8 Å². The molecule has 5 nitrogen and oxygen atoms in total. The number of benzene rings is 1. The van der Waals surface area contributed by atoms with Crippen molar-refractivity contribution in [1.29, 1.82) is 0 Å². The molecular formula is C19H22N2O3. The van der Waals surface area contributed by atoms with Crippen molar-refractivity contribution in [2.75, 3.05) is 7.11 Å². The van der Waals surface area contributed by atoms with E-state index in [1.54, 1.807) is 12.3 Å². The summed E-state index contributed by atoms with van der Waals surface area (Å²) in [6, 6.07) is 8.97. The topological polar surface area (TPSA) is 68.3 Å². The molecular weight excluding hydrogens is 304 g/mol. The predicted molar refractivity (Wildman–Crippen MR) is 94.2 cm³/mol. The number of esters is 1. The predicted octanol–water partition coefficient (Wildman–Crippen LogP) is 2.95. The van der Waals surface area contributed by atoms with Gasteiger partial charge >= 0.3 is 5.97 Å². The summed E-state index contributed by atoms with van der Waals surface area (Å²) in [6.07, 6.45) is 5.60. The highest BCUT2D eigenvalue weighted by molar-refractivity contribution is 5.97. The van der Waals surface area contributed by atoms with Crippen LogP contribution >= 0.6 is 0 Å². The third-order valence-electron chi connectivity index (χ3n) is 4.04. The molecule has 0 aliphatic carbocycles. The molecule has 1 aromatic heterocycles. The van der Waals surface area contributed by atoms with Gasteiger partial charge in [-0.2, -0.15) is 0 Å². The number of amides is 1. The monoisotopic (exact) mass is 326 g/mol. The Bertz CT molecular complexity index is 750. The fraction of sp³-hybridized carbons (Fsp3) is 0.316. The lowest BCUT2D eigenvalue weighted by atomic mass is 9.99. The molecule has 0 bridgehead atoms. The van der Waals surface area contributed by atoms with Crippen LogP contribution in [0, 0.1) is 5.92 Å². The maximum absolute atomic E-state index is 12.2. The summed E-state index contributed by atoms with van der Waals surface area (Å²) in [7, 11) is 1.32. The number of aromatic nitrogens is 1. The molecule has 1 aromatic carbocycles. The summed E-state index contributed by atoms with van der Waals surface area (Å²) < 4.78 is 4.77. The number of fused-ring (bicyclic) bond motifs is 1. The molecule has 1 amide bonds. The van der Waals surface area contributed by atoms with Crippen LogP contribution in [0.15, 0.2) is 42.6 Å². The van der Waals surface area contributed by atoms with Gasteiger partial charge < -0.3 is 10.1 Å². The second-order valence-corrected chi connectivity index (χ2v) is 5.65. The summed E-state index contributed by atoms with van der Waals surface area (Å²) in [5.74, 6) is -0.773. The molecule has 2 rings (SSSR count). The van der Waals surface area contributed by atoms with Gasteiger partial charge in [-0.25, -0.2) is 4.79 Å². The first-order valence-electron chi connectivity index (χ1n) is 7.97. The molecule has 24 heavy (non-hydrogen) atoms. The van der Waals surface area contributed by atoms with E-state index < -0.39 is 12.0 Å². The Labute approximate surface area is 141 Å². The van der Waals surface area contributed by atoms with E-state index in [9.17, 15) is 9.59 Å². The largest absolute Gasteiger partial charge is 0.467 e. The minimum absolute atomic E-state index is 0.00554. The van der Waals surface area contributed by atoms with Crippen LogP contribution in [0.25, 0.3) is 17.0 Å². The van der Waals surface area contributed by atoms with Crippen molar-refractivity contribution < 1.29 is 14.3 Å². The Hall–Kier alpha value is -2.69. The van der Waals surface area contributed by atoms with E-state index in [1.807, 2.05) is 44.2 Å². The number of nitrogens with one attached hydrogen (secondary N) is 1. The van der Waals surface area contributed by atoms with Gasteiger partial charge in [0.05, 0.1) is 12.6 Å². The summed E-state index contributed by atoms with van der Waals surface area (Å²) in [6.45, 7) is 3.87. The molecule has 5 heteroatoms. The summed E-state index contributed by atoms with van der Waals surface area (Å²) >= 11 is 0. The molecule has 0 saturated carbocycles. The Morgan fingerprint density at radius 1 is 1.29 bits per heavy atom. The number of hydrogen-bond acceptors (Lipinski definition) is 4. The minimum atomic E-state index is -0.650. The van der Waals surface area contributed by atoms with E-state index >= 15 is 0 Å². The highest BCUT2D eigenvalue weighted by Crippen LogP contribution is 2.17. The van der Waals surface area contributed by atoms with Gasteiger partial charge in [0, 0.05) is 23.2 Å². The SMILES string of the molecule is CC[C@H](C)[C@H](NC(=O)C=Cc1cccc2cccnc12)C(=O)OC. The van der Waals surface area contributed by atoms with Crippen molar-refractivity contribution in [2.45, 2.75) is 26.3 Å². The van der Waals surface area contributed by atoms with E-state index in [4.69, 9.17) is 4.74 Å². The van der Waals surface area contributed by atoms with E-state index in [0.29, 0.717) is 0 Å². The third-order valence-corrected chi connectivity index (χ3v) is 4.04. The highest BCUT2D eigenvalue weighted by atomic mass is 16.5. The lowest BCUT2D eigenvalue weighted by Crippen LogP contribution is -2.45. The average molecular weight is 326 g/mol. The molecule has 2 atom stereocenters. The van der Waals surface area contributed by atoms with Crippen LogP contribution < -0.4 is 5.32 Å². The Morgan fingerprint density at radius 3 is 2.75 bits per heavy atom. The number of nitrogens with zero attached hydrogens (tertiary/aromatic N) is 1. The van der Waals surface area contributed by atoms with E-state index in [2.05, 4.69) is 10.3 Å². The maximum Gasteiger partial charge on any atom is 0.328 e. The van der Waals surface area contributed by atoms with E-state index in [0.717, 1.165) is 22.9 Å². The Morgan fingerprint density at radius 2 is 2.04 bits per heavy atom. The van der Waals surface area contributed by atoms with Crippen LogP contribution in [0.1, 0.15) is 25.8 Å². The number of carbonyl (C=O) groups is 2. The number of methoxy groups -OCH3 is 1. The maximum atomic E-state index is 12.2. The summed E-state index contributed by atoms with van der Waals surface area (Å²) in [4.78, 5) is 28.3. The van der Waals surface area contributed by atoms with Gasteiger partial charge in [0.2, 0.25) is 5.91 Å². The van der Waals surface area contributed by atoms with Crippen molar-refractivity contribution in [3.63, 3.8) is 0 Å². The Balaban J connectivity index is 2.15. The van der Waals surface area contributed by atoms with Gasteiger partial charge in [-0.3, -0.25) is 9.78 Å². The van der Waals surface area contributed by atoms with Gasteiger partial charge in [-0.05, 0) is 18.1 Å². The van der Waals surface area contributed by atoms with Crippen LogP contribution in [0.2, 0.25) is 0 Å². The molecule has 0 fully saturated rings. The van der Waals surface area contributed by atoms with Gasteiger partial charge in [-0.15, -0.1) is 0 Å². The van der Waals surface area contributed by atoms with Crippen molar-refractivity contribution in [1.82, 2.24) is 10.3 Å². The van der Waals surface area contributed by atoms with Crippen LogP contribution in [0.5, 0.6) is 0 Å². The molecule has 126 valence electrons. The fourth-order valence-electron chi connectivity index (χ4n) is 2.43. The van der Waals surface area contributed by atoms with Gasteiger partial charge in [0.25, 0.3) is 0 Å². The van der Waals surface area contributed by atoms with Crippen molar-refractivity contribution in [2.24, 2.45) is 5.92 Å². The normalized spacial score (nSPS) is 13.6. The molecule has 0 aliphatic heterocycles. The third kappa shape index (κ3) is 4.19. The van der Waals surface area contributed by atoms with Gasteiger partial charge in [0.15, 0.2) is 0 Å². The molecule has 0 spiro atoms. The molecule has 1 heterocycles. The zero-order valence-electron chi connectivity index (χ0n) is 14.2. The van der Waals surface area contributed by atoms with Crippen molar-refractivity contribution >= 4 is 28.9 Å². The molecule has 1 N–H and O–H groups in total. The number of pyridine rings is 1. The average Bonchev–Trinajstić information content (AvgIpc) is 2.63. The first-order valence-corrected chi connectivity index (χ1v) is 7.97. The first-order chi connectivity index (χ1) is 11.6. The van der Waals surface area contributed by atoms with Gasteiger partial charge in [-0.1, -0.05) is 44.5 Å². The number of rotatable bonds is 6. The first kappa shape index (κ1) is 17.7. The molecule has 2 aromatic rings. The summed E-state index contributed by atoms with van der Waals surface area (Å²) in [5, 5.41) is 3.72. The fourth-order valence-corrected chi connectivity index (χ4v) is 2.43. The lowest BCUT2D eigenvalue weighted by Gasteiger charge is -2.21. The zero-order valence-corrected chi connectivity index (χ0v) is 14.2.